The number of likely N-dealkylation sites (N-methyl/N-ethyl adjacent to an activating group) is 1. The van der Waals surface area contributed by atoms with Gasteiger partial charge >= 0.3 is 12.1 Å². The van der Waals surface area contributed by atoms with E-state index in [2.05, 4.69) is 11.0 Å². The number of rotatable bonds is 3. The maximum absolute atomic E-state index is 12.3. The summed E-state index contributed by atoms with van der Waals surface area (Å²) < 4.78 is 10.4. The molecular formula is C17H20N2O4. The molecule has 0 N–H and O–H groups in total. The Bertz CT molecular complexity index is 676. The largest absolute Gasteiger partial charge is 0.466 e. The zero-order chi connectivity index (χ0) is 16.2. The van der Waals surface area contributed by atoms with E-state index >= 15 is 0 Å². The Morgan fingerprint density at radius 2 is 2.22 bits per heavy atom. The van der Waals surface area contributed by atoms with Crippen LogP contribution in [0, 0.1) is 0 Å². The van der Waals surface area contributed by atoms with Gasteiger partial charge in [-0.15, -0.1) is 0 Å². The van der Waals surface area contributed by atoms with Crippen molar-refractivity contribution < 1.29 is 19.1 Å². The lowest BCUT2D eigenvalue weighted by Gasteiger charge is -2.34. The summed E-state index contributed by atoms with van der Waals surface area (Å²) in [5.74, 6) is -0.211. The van der Waals surface area contributed by atoms with Crippen LogP contribution < -0.4 is 4.90 Å². The fourth-order valence-corrected chi connectivity index (χ4v) is 4.59. The number of cyclic esters (lactones) is 1. The number of carbonyl (C=O) groups is 2. The number of ether oxygens (including phenoxy) is 2. The Morgan fingerprint density at radius 3 is 3.00 bits per heavy atom. The first-order chi connectivity index (χ1) is 11.1. The zero-order valence-corrected chi connectivity index (χ0v) is 13.3. The number of para-hydroxylation sites is 1. The lowest BCUT2D eigenvalue weighted by molar-refractivity contribution is -0.144. The molecule has 122 valence electrons. The number of hydrogen-bond acceptors (Lipinski definition) is 5. The fourth-order valence-electron chi connectivity index (χ4n) is 4.59. The first-order valence-corrected chi connectivity index (χ1v) is 8.01. The molecule has 6 heteroatoms. The normalized spacial score (nSPS) is 30.8. The molecule has 0 radical (unpaired) electrons. The lowest BCUT2D eigenvalue weighted by atomic mass is 9.75. The SMILES string of the molecule is CCOC(=O)C[C@@]12C[C@H]3COC(=O)N3[C@@H]1N(C)c1ccccc12. The summed E-state index contributed by atoms with van der Waals surface area (Å²) in [6, 6.07) is 8.10. The molecule has 0 saturated carbocycles. The van der Waals surface area contributed by atoms with Crippen LogP contribution in [0.2, 0.25) is 0 Å². The van der Waals surface area contributed by atoms with E-state index in [0.717, 1.165) is 17.7 Å². The van der Waals surface area contributed by atoms with E-state index < -0.39 is 5.41 Å². The van der Waals surface area contributed by atoms with E-state index in [1.54, 1.807) is 4.90 Å². The quantitative estimate of drug-likeness (QED) is 0.797. The Labute approximate surface area is 134 Å². The second-order valence-corrected chi connectivity index (χ2v) is 6.48. The highest BCUT2D eigenvalue weighted by atomic mass is 16.6. The van der Waals surface area contributed by atoms with Crippen molar-refractivity contribution in [2.75, 3.05) is 25.2 Å². The number of esters is 1. The summed E-state index contributed by atoms with van der Waals surface area (Å²) in [6.07, 6.45) is 0.533. The first kappa shape index (κ1) is 14.4. The van der Waals surface area contributed by atoms with E-state index in [1.807, 2.05) is 32.2 Å². The molecular weight excluding hydrogens is 296 g/mol. The van der Waals surface area contributed by atoms with E-state index in [1.165, 1.54) is 0 Å². The Balaban J connectivity index is 1.81. The number of hydrogen-bond donors (Lipinski definition) is 0. The molecule has 4 rings (SSSR count). The Morgan fingerprint density at radius 1 is 1.43 bits per heavy atom. The van der Waals surface area contributed by atoms with Crippen LogP contribution in [-0.2, 0) is 19.7 Å². The highest BCUT2D eigenvalue weighted by Gasteiger charge is 2.64. The van der Waals surface area contributed by atoms with Gasteiger partial charge in [0.25, 0.3) is 0 Å². The molecule has 0 spiro atoms. The predicted molar refractivity (Wildman–Crippen MR) is 83.2 cm³/mol. The highest BCUT2D eigenvalue weighted by molar-refractivity contribution is 5.80. The molecule has 0 aliphatic carbocycles. The van der Waals surface area contributed by atoms with Gasteiger partial charge in [-0.1, -0.05) is 18.2 Å². The summed E-state index contributed by atoms with van der Waals surface area (Å²) in [5, 5.41) is 0. The van der Waals surface area contributed by atoms with Crippen molar-refractivity contribution in [3.63, 3.8) is 0 Å². The van der Waals surface area contributed by atoms with Gasteiger partial charge in [0, 0.05) is 18.2 Å². The van der Waals surface area contributed by atoms with Crippen molar-refractivity contribution in [3.05, 3.63) is 29.8 Å². The third-order valence-electron chi connectivity index (χ3n) is 5.31. The molecule has 2 saturated heterocycles. The van der Waals surface area contributed by atoms with Gasteiger partial charge in [-0.25, -0.2) is 4.79 Å². The number of anilines is 1. The minimum Gasteiger partial charge on any atom is -0.466 e. The van der Waals surface area contributed by atoms with Crippen molar-refractivity contribution >= 4 is 17.7 Å². The molecule has 1 aromatic rings. The molecule has 3 aliphatic rings. The summed E-state index contributed by atoms with van der Waals surface area (Å²) in [5.41, 5.74) is 1.78. The van der Waals surface area contributed by atoms with Crippen molar-refractivity contribution in [1.82, 2.24) is 4.90 Å². The molecule has 0 aromatic heterocycles. The van der Waals surface area contributed by atoms with Crippen molar-refractivity contribution in [3.8, 4) is 0 Å². The molecule has 0 unspecified atom stereocenters. The van der Waals surface area contributed by atoms with E-state index in [4.69, 9.17) is 9.47 Å². The average molecular weight is 316 g/mol. The van der Waals surface area contributed by atoms with Gasteiger partial charge in [-0.3, -0.25) is 9.69 Å². The van der Waals surface area contributed by atoms with Crippen molar-refractivity contribution in [2.24, 2.45) is 0 Å². The van der Waals surface area contributed by atoms with Crippen LogP contribution in [0.1, 0.15) is 25.3 Å². The lowest BCUT2D eigenvalue weighted by Crippen LogP contribution is -2.50. The predicted octanol–water partition coefficient (Wildman–Crippen LogP) is 1.88. The van der Waals surface area contributed by atoms with Gasteiger partial charge in [0.1, 0.15) is 12.8 Å². The number of carbonyl (C=O) groups excluding carboxylic acids is 2. The Hall–Kier alpha value is -2.24. The Kier molecular flexibility index (Phi) is 3.04. The monoisotopic (exact) mass is 316 g/mol. The van der Waals surface area contributed by atoms with Gasteiger partial charge < -0.3 is 14.4 Å². The van der Waals surface area contributed by atoms with Crippen molar-refractivity contribution in [1.29, 1.82) is 0 Å². The van der Waals surface area contributed by atoms with Crippen LogP contribution in [0.5, 0.6) is 0 Å². The van der Waals surface area contributed by atoms with Gasteiger partial charge in [0.2, 0.25) is 0 Å². The topological polar surface area (TPSA) is 59.1 Å². The number of nitrogens with zero attached hydrogens (tertiary/aromatic N) is 2. The van der Waals surface area contributed by atoms with Crippen LogP contribution in [0.3, 0.4) is 0 Å². The maximum atomic E-state index is 12.3. The van der Waals surface area contributed by atoms with E-state index in [-0.39, 0.29) is 30.7 Å². The van der Waals surface area contributed by atoms with Crippen LogP contribution >= 0.6 is 0 Å². The fraction of sp³-hybridized carbons (Fsp3) is 0.529. The molecule has 3 heterocycles. The van der Waals surface area contributed by atoms with Crippen molar-refractivity contribution in [2.45, 2.75) is 37.4 Å². The van der Waals surface area contributed by atoms with Gasteiger partial charge in [-0.2, -0.15) is 0 Å². The van der Waals surface area contributed by atoms with Crippen LogP contribution in [-0.4, -0.2) is 49.4 Å². The summed E-state index contributed by atoms with van der Waals surface area (Å²) in [6.45, 7) is 2.58. The molecule has 2 fully saturated rings. The van der Waals surface area contributed by atoms with Gasteiger partial charge in [-0.05, 0) is 25.0 Å². The number of amides is 1. The van der Waals surface area contributed by atoms with Gasteiger partial charge in [0.15, 0.2) is 0 Å². The summed E-state index contributed by atoms with van der Waals surface area (Å²) >= 11 is 0. The maximum Gasteiger partial charge on any atom is 0.411 e. The minimum atomic E-state index is -0.415. The second kappa shape index (κ2) is 4.88. The first-order valence-electron chi connectivity index (χ1n) is 8.01. The molecule has 1 aromatic carbocycles. The average Bonchev–Trinajstić information content (AvgIpc) is 3.10. The molecule has 6 nitrogen and oxygen atoms in total. The summed E-state index contributed by atoms with van der Waals surface area (Å²) in [4.78, 5) is 28.4. The molecule has 1 amide bonds. The molecule has 3 atom stereocenters. The molecule has 3 aliphatic heterocycles. The van der Waals surface area contributed by atoms with E-state index in [0.29, 0.717) is 13.2 Å². The third-order valence-corrected chi connectivity index (χ3v) is 5.31. The minimum absolute atomic E-state index is 0.0257. The van der Waals surface area contributed by atoms with Crippen LogP contribution in [0.4, 0.5) is 10.5 Å². The zero-order valence-electron chi connectivity index (χ0n) is 13.3. The molecule has 23 heavy (non-hydrogen) atoms. The van der Waals surface area contributed by atoms with Gasteiger partial charge in [0.05, 0.1) is 19.1 Å². The number of benzene rings is 1. The standard InChI is InChI=1S/C17H20N2O4/c1-3-22-14(20)9-17-8-11-10-23-16(21)19(11)15(17)18(2)13-7-5-4-6-12(13)17/h4-7,11,15H,3,8-10H2,1-2H3/t11-,15-,17+/m0/s1. The summed E-state index contributed by atoms with van der Waals surface area (Å²) in [7, 11) is 1.98. The smallest absolute Gasteiger partial charge is 0.411 e. The molecule has 0 bridgehead atoms. The second-order valence-electron chi connectivity index (χ2n) is 6.48. The number of fused-ring (bicyclic) bond motifs is 5. The van der Waals surface area contributed by atoms with Crippen LogP contribution in [0.15, 0.2) is 24.3 Å². The third kappa shape index (κ3) is 1.81. The van der Waals surface area contributed by atoms with Crippen LogP contribution in [0.25, 0.3) is 0 Å². The highest BCUT2D eigenvalue weighted by Crippen LogP contribution is 2.56. The van der Waals surface area contributed by atoms with E-state index in [9.17, 15) is 9.59 Å².